The quantitative estimate of drug-likeness (QED) is 0.805. The van der Waals surface area contributed by atoms with Gasteiger partial charge in [-0.3, -0.25) is 0 Å². The van der Waals surface area contributed by atoms with E-state index in [2.05, 4.69) is 0 Å². The summed E-state index contributed by atoms with van der Waals surface area (Å²) in [5.74, 6) is -3.67. The van der Waals surface area contributed by atoms with E-state index in [1.165, 1.54) is 6.07 Å². The van der Waals surface area contributed by atoms with Crippen molar-refractivity contribution in [3.05, 3.63) is 35.1 Å². The van der Waals surface area contributed by atoms with Gasteiger partial charge in [-0.1, -0.05) is 25.0 Å². The molecule has 21 heavy (non-hydrogen) atoms. The summed E-state index contributed by atoms with van der Waals surface area (Å²) >= 11 is 0. The molecule has 116 valence electrons. The Kier molecular flexibility index (Phi) is 3.55. The third kappa shape index (κ3) is 2.48. The Morgan fingerprint density at radius 3 is 2.43 bits per heavy atom. The monoisotopic (exact) mass is 298 g/mol. The summed E-state index contributed by atoms with van der Waals surface area (Å²) in [7, 11) is 0. The molecule has 2 aliphatic carbocycles. The number of aliphatic hydroxyl groups excluding tert-OH is 1. The van der Waals surface area contributed by atoms with Crippen LogP contribution < -0.4 is 0 Å². The average molecular weight is 298 g/mol. The lowest BCUT2D eigenvalue weighted by molar-refractivity contribution is -0.192. The van der Waals surface area contributed by atoms with Gasteiger partial charge >= 0.3 is 0 Å². The predicted molar refractivity (Wildman–Crippen MR) is 75.0 cm³/mol. The van der Waals surface area contributed by atoms with Crippen molar-refractivity contribution in [3.63, 3.8) is 0 Å². The fourth-order valence-electron chi connectivity index (χ4n) is 4.28. The van der Waals surface area contributed by atoms with Crippen LogP contribution in [0, 0.1) is 18.2 Å². The van der Waals surface area contributed by atoms with Crippen LogP contribution in [0.3, 0.4) is 0 Å². The molecular weight excluding hydrogens is 277 g/mol. The highest BCUT2D eigenvalue weighted by Gasteiger charge is 2.58. The summed E-state index contributed by atoms with van der Waals surface area (Å²) in [4.78, 5) is 0. The van der Waals surface area contributed by atoms with Crippen molar-refractivity contribution >= 4 is 0 Å². The van der Waals surface area contributed by atoms with Crippen LogP contribution in [-0.4, -0.2) is 17.1 Å². The van der Waals surface area contributed by atoms with E-state index in [9.17, 15) is 18.3 Å². The molecule has 0 bridgehead atoms. The van der Waals surface area contributed by atoms with Gasteiger partial charge in [-0.15, -0.1) is 0 Å². The molecular formula is C17H21F3O. The lowest BCUT2D eigenvalue weighted by Gasteiger charge is -2.46. The molecule has 2 aliphatic rings. The fraction of sp³-hybridized carbons (Fsp3) is 0.647. The standard InChI is InChI=1S/C17H21F3O/c1-11-8-12(4-5-14(11)18)13-9-16(6-2-3-7-16)15(21)17(19,20)10-13/h4-5,8,13,15,21H,2-3,6-7,9-10H2,1H3/t13-,15+/m0/s1. The van der Waals surface area contributed by atoms with Crippen LogP contribution in [0.25, 0.3) is 0 Å². The van der Waals surface area contributed by atoms with Crippen LogP contribution in [0.4, 0.5) is 13.2 Å². The van der Waals surface area contributed by atoms with E-state index in [0.717, 1.165) is 18.4 Å². The summed E-state index contributed by atoms with van der Waals surface area (Å²) in [5, 5.41) is 10.1. The van der Waals surface area contributed by atoms with E-state index >= 15 is 0 Å². The second-order valence-electron chi connectivity index (χ2n) is 6.85. The zero-order valence-corrected chi connectivity index (χ0v) is 12.2. The van der Waals surface area contributed by atoms with E-state index in [0.29, 0.717) is 24.8 Å². The molecule has 1 N–H and O–H groups in total. The zero-order chi connectivity index (χ0) is 15.3. The number of benzene rings is 1. The molecule has 1 spiro atoms. The molecule has 2 fully saturated rings. The van der Waals surface area contributed by atoms with Gasteiger partial charge in [0.15, 0.2) is 0 Å². The molecule has 0 radical (unpaired) electrons. The summed E-state index contributed by atoms with van der Waals surface area (Å²) in [6.07, 6.45) is 1.84. The minimum absolute atomic E-state index is 0.305. The number of hydrogen-bond donors (Lipinski definition) is 1. The Balaban J connectivity index is 1.94. The number of halogens is 3. The van der Waals surface area contributed by atoms with Gasteiger partial charge in [-0.05, 0) is 49.3 Å². The lowest BCUT2D eigenvalue weighted by Crippen LogP contribution is -2.51. The van der Waals surface area contributed by atoms with Crippen molar-refractivity contribution in [1.82, 2.24) is 0 Å². The van der Waals surface area contributed by atoms with Gasteiger partial charge < -0.3 is 5.11 Å². The SMILES string of the molecule is Cc1cc([C@@H]2CC(F)(F)[C@H](O)C3(CCCC3)C2)ccc1F. The van der Waals surface area contributed by atoms with Crippen molar-refractivity contribution in [3.8, 4) is 0 Å². The maximum Gasteiger partial charge on any atom is 0.274 e. The fourth-order valence-corrected chi connectivity index (χ4v) is 4.28. The third-order valence-corrected chi connectivity index (χ3v) is 5.40. The van der Waals surface area contributed by atoms with Gasteiger partial charge in [0, 0.05) is 11.8 Å². The number of rotatable bonds is 1. The number of alkyl halides is 2. The predicted octanol–water partition coefficient (Wildman–Crippen LogP) is 4.57. The highest BCUT2D eigenvalue weighted by Crippen LogP contribution is 2.57. The molecule has 0 aromatic heterocycles. The Morgan fingerprint density at radius 2 is 1.81 bits per heavy atom. The lowest BCUT2D eigenvalue weighted by atomic mass is 9.63. The first-order chi connectivity index (χ1) is 9.84. The first kappa shape index (κ1) is 14.9. The van der Waals surface area contributed by atoms with Crippen molar-refractivity contribution < 1.29 is 18.3 Å². The molecule has 0 unspecified atom stereocenters. The van der Waals surface area contributed by atoms with Crippen LogP contribution in [0.15, 0.2) is 18.2 Å². The first-order valence-corrected chi connectivity index (χ1v) is 7.66. The number of hydrogen-bond acceptors (Lipinski definition) is 1. The average Bonchev–Trinajstić information content (AvgIpc) is 2.88. The van der Waals surface area contributed by atoms with Crippen molar-refractivity contribution in [2.75, 3.05) is 0 Å². The second-order valence-corrected chi connectivity index (χ2v) is 6.85. The highest BCUT2D eigenvalue weighted by atomic mass is 19.3. The van der Waals surface area contributed by atoms with Crippen LogP contribution >= 0.6 is 0 Å². The molecule has 0 amide bonds. The smallest absolute Gasteiger partial charge is 0.274 e. The van der Waals surface area contributed by atoms with Gasteiger partial charge in [0.05, 0.1) is 0 Å². The largest absolute Gasteiger partial charge is 0.386 e. The molecule has 0 aliphatic heterocycles. The second kappa shape index (κ2) is 5.01. The Morgan fingerprint density at radius 1 is 1.14 bits per heavy atom. The van der Waals surface area contributed by atoms with Gasteiger partial charge in [0.2, 0.25) is 0 Å². The minimum atomic E-state index is -3.06. The van der Waals surface area contributed by atoms with Crippen LogP contribution in [-0.2, 0) is 0 Å². The molecule has 1 aromatic carbocycles. The van der Waals surface area contributed by atoms with Crippen LogP contribution in [0.5, 0.6) is 0 Å². The molecule has 2 atom stereocenters. The van der Waals surface area contributed by atoms with E-state index < -0.39 is 17.4 Å². The first-order valence-electron chi connectivity index (χ1n) is 7.66. The highest BCUT2D eigenvalue weighted by molar-refractivity contribution is 5.28. The number of aryl methyl sites for hydroxylation is 1. The van der Waals surface area contributed by atoms with Crippen molar-refractivity contribution in [2.45, 2.75) is 63.4 Å². The third-order valence-electron chi connectivity index (χ3n) is 5.40. The molecule has 1 nitrogen and oxygen atoms in total. The zero-order valence-electron chi connectivity index (χ0n) is 12.2. The molecule has 0 saturated heterocycles. The maximum atomic E-state index is 14.3. The van der Waals surface area contributed by atoms with E-state index in [1.54, 1.807) is 19.1 Å². The van der Waals surface area contributed by atoms with Gasteiger partial charge in [0.1, 0.15) is 11.9 Å². The van der Waals surface area contributed by atoms with E-state index in [-0.39, 0.29) is 18.2 Å². The normalized spacial score (nSPS) is 30.7. The summed E-state index contributed by atoms with van der Waals surface area (Å²) in [6.45, 7) is 1.65. The summed E-state index contributed by atoms with van der Waals surface area (Å²) in [6, 6.07) is 4.65. The number of aliphatic hydroxyl groups is 1. The minimum Gasteiger partial charge on any atom is -0.386 e. The summed E-state index contributed by atoms with van der Waals surface area (Å²) in [5.41, 5.74) is 0.600. The van der Waals surface area contributed by atoms with Gasteiger partial charge in [-0.25, -0.2) is 13.2 Å². The molecule has 1 aromatic rings. The topological polar surface area (TPSA) is 20.2 Å². The Bertz CT molecular complexity index is 535. The Labute approximate surface area is 123 Å². The van der Waals surface area contributed by atoms with Crippen LogP contribution in [0.1, 0.15) is 55.6 Å². The molecule has 3 rings (SSSR count). The van der Waals surface area contributed by atoms with Crippen molar-refractivity contribution in [1.29, 1.82) is 0 Å². The molecule has 2 saturated carbocycles. The van der Waals surface area contributed by atoms with Crippen LogP contribution in [0.2, 0.25) is 0 Å². The van der Waals surface area contributed by atoms with Gasteiger partial charge in [0.25, 0.3) is 5.92 Å². The van der Waals surface area contributed by atoms with Crippen molar-refractivity contribution in [2.24, 2.45) is 5.41 Å². The molecule has 0 heterocycles. The summed E-state index contributed by atoms with van der Waals surface area (Å²) < 4.78 is 42.0. The maximum absolute atomic E-state index is 14.3. The van der Waals surface area contributed by atoms with E-state index in [1.807, 2.05) is 0 Å². The Hall–Kier alpha value is -1.03. The van der Waals surface area contributed by atoms with Gasteiger partial charge in [-0.2, -0.15) is 0 Å². The van der Waals surface area contributed by atoms with E-state index in [4.69, 9.17) is 0 Å². The molecule has 4 heteroatoms.